The third-order valence-corrected chi connectivity index (χ3v) is 7.61. The summed E-state index contributed by atoms with van der Waals surface area (Å²) in [6.45, 7) is 0. The molecule has 0 bridgehead atoms. The molecule has 3 aromatic carbocycles. The van der Waals surface area contributed by atoms with Gasteiger partial charge in [-0.2, -0.15) is 0 Å². The van der Waals surface area contributed by atoms with Crippen LogP contribution in [0.2, 0.25) is 0 Å². The van der Waals surface area contributed by atoms with Gasteiger partial charge in [-0.3, -0.25) is 4.79 Å². The first-order valence-electron chi connectivity index (χ1n) is 9.37. The second kappa shape index (κ2) is 8.43. The summed E-state index contributed by atoms with van der Waals surface area (Å²) < 4.78 is 25.1. The predicted molar refractivity (Wildman–Crippen MR) is 118 cm³/mol. The fourth-order valence-electron chi connectivity index (χ4n) is 3.42. The molecule has 0 saturated heterocycles. The summed E-state index contributed by atoms with van der Waals surface area (Å²) in [5.41, 5.74) is 3.26. The number of sulfone groups is 1. The van der Waals surface area contributed by atoms with E-state index in [4.69, 9.17) is 0 Å². The van der Waals surface area contributed by atoms with Crippen molar-refractivity contribution in [3.8, 4) is 0 Å². The van der Waals surface area contributed by atoms with Crippen molar-refractivity contribution in [2.45, 2.75) is 28.1 Å². The van der Waals surface area contributed by atoms with Gasteiger partial charge >= 0.3 is 0 Å². The first kappa shape index (κ1) is 19.7. The van der Waals surface area contributed by atoms with Gasteiger partial charge in [-0.1, -0.05) is 60.7 Å². The second-order valence-corrected chi connectivity index (χ2v) is 10.4. The molecule has 1 unspecified atom stereocenters. The first-order valence-corrected chi connectivity index (χ1v) is 12.1. The maximum absolute atomic E-state index is 12.7. The molecule has 4 nitrogen and oxygen atoms in total. The highest BCUT2D eigenvalue weighted by atomic mass is 32.2. The van der Waals surface area contributed by atoms with Gasteiger partial charge in [0.25, 0.3) is 0 Å². The smallest absolute Gasteiger partial charge is 0.238 e. The summed E-state index contributed by atoms with van der Waals surface area (Å²) in [6.07, 6.45) is 0.706. The van der Waals surface area contributed by atoms with Crippen molar-refractivity contribution in [1.82, 2.24) is 0 Å². The van der Waals surface area contributed by atoms with Crippen molar-refractivity contribution < 1.29 is 13.2 Å². The van der Waals surface area contributed by atoms with Crippen LogP contribution in [0.15, 0.2) is 83.8 Å². The van der Waals surface area contributed by atoms with Gasteiger partial charge in [0, 0.05) is 10.6 Å². The number of carbonyl (C=O) groups is 1. The second-order valence-electron chi connectivity index (χ2n) is 7.13. The standard InChI is InChI=1S/C23H21NO3S2/c25-23(22-14-19-10-4-5-12-21(19)28-22)24-20-11-6-9-18(13-20)16-29(26,27)15-17-7-2-1-3-8-17/h1-13,22H,14-16H2,(H,24,25). The topological polar surface area (TPSA) is 63.2 Å². The van der Waals surface area contributed by atoms with E-state index >= 15 is 0 Å². The average molecular weight is 424 g/mol. The highest BCUT2D eigenvalue weighted by Crippen LogP contribution is 2.37. The van der Waals surface area contributed by atoms with Crippen LogP contribution in [-0.4, -0.2) is 19.6 Å². The first-order chi connectivity index (χ1) is 14.0. The van der Waals surface area contributed by atoms with Crippen LogP contribution in [0.5, 0.6) is 0 Å². The van der Waals surface area contributed by atoms with Gasteiger partial charge in [0.2, 0.25) is 5.91 Å². The highest BCUT2D eigenvalue weighted by molar-refractivity contribution is 8.01. The fourth-order valence-corrected chi connectivity index (χ4v) is 6.11. The van der Waals surface area contributed by atoms with Crippen LogP contribution in [0.4, 0.5) is 5.69 Å². The van der Waals surface area contributed by atoms with E-state index in [1.165, 1.54) is 5.56 Å². The Hall–Kier alpha value is -2.57. The molecule has 1 N–H and O–H groups in total. The summed E-state index contributed by atoms with van der Waals surface area (Å²) >= 11 is 1.57. The molecule has 0 aromatic heterocycles. The normalized spacial score (nSPS) is 15.7. The molecule has 29 heavy (non-hydrogen) atoms. The quantitative estimate of drug-likeness (QED) is 0.636. The zero-order valence-corrected chi connectivity index (χ0v) is 17.4. The van der Waals surface area contributed by atoms with Gasteiger partial charge in [0.1, 0.15) is 0 Å². The van der Waals surface area contributed by atoms with Gasteiger partial charge in [-0.05, 0) is 41.3 Å². The molecule has 0 fully saturated rings. The molecule has 3 aromatic rings. The molecule has 1 heterocycles. The minimum absolute atomic E-state index is 0.00139. The summed E-state index contributed by atoms with van der Waals surface area (Å²) in [5, 5.41) is 2.77. The van der Waals surface area contributed by atoms with E-state index in [9.17, 15) is 13.2 Å². The summed E-state index contributed by atoms with van der Waals surface area (Å²) in [4.78, 5) is 13.8. The number of hydrogen-bond donors (Lipinski definition) is 1. The van der Waals surface area contributed by atoms with E-state index in [-0.39, 0.29) is 22.7 Å². The highest BCUT2D eigenvalue weighted by Gasteiger charge is 2.28. The van der Waals surface area contributed by atoms with Gasteiger partial charge in [-0.25, -0.2) is 8.42 Å². The van der Waals surface area contributed by atoms with Crippen molar-refractivity contribution >= 4 is 33.2 Å². The van der Waals surface area contributed by atoms with E-state index in [0.717, 1.165) is 10.5 Å². The number of nitrogens with one attached hydrogen (secondary N) is 1. The van der Waals surface area contributed by atoms with E-state index < -0.39 is 9.84 Å². The van der Waals surface area contributed by atoms with Crippen molar-refractivity contribution in [2.24, 2.45) is 0 Å². The Labute approximate surface area is 175 Å². The number of benzene rings is 3. The molecule has 4 rings (SSSR count). The van der Waals surface area contributed by atoms with E-state index in [1.54, 1.807) is 36.0 Å². The summed E-state index contributed by atoms with van der Waals surface area (Å²) in [7, 11) is -3.30. The van der Waals surface area contributed by atoms with Gasteiger partial charge in [0.05, 0.1) is 16.8 Å². The van der Waals surface area contributed by atoms with Crippen LogP contribution in [0.25, 0.3) is 0 Å². The van der Waals surface area contributed by atoms with Crippen molar-refractivity contribution in [1.29, 1.82) is 0 Å². The molecule has 0 aliphatic carbocycles. The maximum Gasteiger partial charge on any atom is 0.238 e. The van der Waals surface area contributed by atoms with Crippen LogP contribution < -0.4 is 5.32 Å². The van der Waals surface area contributed by atoms with E-state index in [0.29, 0.717) is 17.7 Å². The molecule has 1 aliphatic rings. The van der Waals surface area contributed by atoms with Gasteiger partial charge in [0.15, 0.2) is 9.84 Å². The number of thioether (sulfide) groups is 1. The summed E-state index contributed by atoms with van der Waals surface area (Å²) in [5.74, 6) is -0.119. The Morgan fingerprint density at radius 1 is 0.897 bits per heavy atom. The molecule has 0 saturated carbocycles. The maximum atomic E-state index is 12.7. The Morgan fingerprint density at radius 2 is 1.59 bits per heavy atom. The predicted octanol–water partition coefficient (Wildman–Crippen LogP) is 4.46. The third-order valence-electron chi connectivity index (χ3n) is 4.75. The Bertz CT molecular complexity index is 1100. The van der Waals surface area contributed by atoms with E-state index in [1.807, 2.05) is 54.6 Å². The Balaban J connectivity index is 1.40. The van der Waals surface area contributed by atoms with E-state index in [2.05, 4.69) is 5.32 Å². The lowest BCUT2D eigenvalue weighted by molar-refractivity contribution is -0.115. The lowest BCUT2D eigenvalue weighted by atomic mass is 10.1. The number of fused-ring (bicyclic) bond motifs is 1. The molecule has 0 radical (unpaired) electrons. The molecular formula is C23H21NO3S2. The molecule has 0 spiro atoms. The zero-order chi connectivity index (χ0) is 20.3. The zero-order valence-electron chi connectivity index (χ0n) is 15.7. The van der Waals surface area contributed by atoms with Crippen molar-refractivity contribution in [3.05, 3.63) is 95.6 Å². The Kier molecular flexibility index (Phi) is 5.74. The molecule has 1 atom stereocenters. The van der Waals surface area contributed by atoms with Crippen LogP contribution >= 0.6 is 11.8 Å². The number of rotatable bonds is 6. The SMILES string of the molecule is O=C(Nc1cccc(CS(=O)(=O)Cc2ccccc2)c1)C1Cc2ccccc2S1. The average Bonchev–Trinajstić information content (AvgIpc) is 3.13. The van der Waals surface area contributed by atoms with Crippen molar-refractivity contribution in [2.75, 3.05) is 5.32 Å². The number of amides is 1. The van der Waals surface area contributed by atoms with Crippen LogP contribution in [0.1, 0.15) is 16.7 Å². The minimum Gasteiger partial charge on any atom is -0.325 e. The number of hydrogen-bond acceptors (Lipinski definition) is 4. The van der Waals surface area contributed by atoms with Gasteiger partial charge in [-0.15, -0.1) is 11.8 Å². The van der Waals surface area contributed by atoms with Gasteiger partial charge < -0.3 is 5.32 Å². The molecule has 6 heteroatoms. The number of anilines is 1. The lowest BCUT2D eigenvalue weighted by Gasteiger charge is -2.11. The monoisotopic (exact) mass is 423 g/mol. The van der Waals surface area contributed by atoms with Crippen LogP contribution in [0, 0.1) is 0 Å². The lowest BCUT2D eigenvalue weighted by Crippen LogP contribution is -2.24. The number of carbonyl (C=O) groups excluding carboxylic acids is 1. The molecule has 1 amide bonds. The third kappa shape index (κ3) is 5.08. The molecule has 1 aliphatic heterocycles. The summed E-state index contributed by atoms with van der Waals surface area (Å²) in [6, 6.07) is 24.3. The largest absolute Gasteiger partial charge is 0.325 e. The Morgan fingerprint density at radius 3 is 2.38 bits per heavy atom. The molecule has 148 valence electrons. The van der Waals surface area contributed by atoms with Crippen molar-refractivity contribution in [3.63, 3.8) is 0 Å². The van der Waals surface area contributed by atoms with Crippen LogP contribution in [-0.2, 0) is 32.6 Å². The fraction of sp³-hybridized carbons (Fsp3) is 0.174. The minimum atomic E-state index is -3.30. The molecular weight excluding hydrogens is 402 g/mol. The van der Waals surface area contributed by atoms with Crippen LogP contribution in [0.3, 0.4) is 0 Å².